The smallest absolute Gasteiger partial charge is 0.238 e. The number of amides is 1. The minimum Gasteiger partial charge on any atom is -0.367 e. The summed E-state index contributed by atoms with van der Waals surface area (Å²) in [6, 6.07) is 12.8. The van der Waals surface area contributed by atoms with E-state index in [0.717, 1.165) is 37.9 Å². The fourth-order valence-electron chi connectivity index (χ4n) is 5.09. The first-order chi connectivity index (χ1) is 14.2. The summed E-state index contributed by atoms with van der Waals surface area (Å²) in [5.74, 6) is 0.423. The number of benzene rings is 1. The number of carbonyl (C=O) groups excluding carboxylic acids is 1. The number of rotatable bonds is 5. The van der Waals surface area contributed by atoms with Crippen LogP contribution in [0.1, 0.15) is 35.3 Å². The molecule has 5 rings (SSSR count). The van der Waals surface area contributed by atoms with E-state index in [-0.39, 0.29) is 11.9 Å². The van der Waals surface area contributed by atoms with Crippen LogP contribution in [0.2, 0.25) is 0 Å². The van der Waals surface area contributed by atoms with Gasteiger partial charge in [-0.3, -0.25) is 4.79 Å². The number of nitrogens with zero attached hydrogens (tertiary/aromatic N) is 2. The van der Waals surface area contributed by atoms with Crippen molar-refractivity contribution in [3.05, 3.63) is 51.7 Å². The van der Waals surface area contributed by atoms with E-state index in [9.17, 15) is 10.1 Å². The largest absolute Gasteiger partial charge is 0.367 e. The highest BCUT2D eigenvalue weighted by atomic mass is 32.1. The molecule has 5 nitrogen and oxygen atoms in total. The number of nitriles is 1. The summed E-state index contributed by atoms with van der Waals surface area (Å²) in [5.41, 5.74) is 3.73. The third-order valence-electron chi connectivity index (χ3n) is 6.66. The summed E-state index contributed by atoms with van der Waals surface area (Å²) in [6.45, 7) is 2.01. The Labute approximate surface area is 175 Å². The molecule has 1 aromatic carbocycles. The molecule has 1 saturated heterocycles. The average molecular weight is 407 g/mol. The predicted octanol–water partition coefficient (Wildman–Crippen LogP) is 3.00. The van der Waals surface area contributed by atoms with E-state index >= 15 is 0 Å². The van der Waals surface area contributed by atoms with Gasteiger partial charge in [0.1, 0.15) is 6.04 Å². The average Bonchev–Trinajstić information content (AvgIpc) is 3.50. The number of hydrogen-bond donors (Lipinski definition) is 2. The molecule has 0 radical (unpaired) electrons. The van der Waals surface area contributed by atoms with Gasteiger partial charge in [0.2, 0.25) is 5.91 Å². The standard InChI is InChI=1S/C23H26N4OS/c24-13-19(26-23(28)22-16-3-4-18(12-16)25-22)11-15-1-5-20(6-2-15)27-9-7-21-17(14-27)8-10-29-21/h1-2,5-6,8,10,16,18-19,22,25H,3-4,7,9,11-12,14H2,(H,26,28)/t16-,18?,19-,22-/m0/s1. The van der Waals surface area contributed by atoms with Crippen molar-refractivity contribution >= 4 is 22.9 Å². The summed E-state index contributed by atoms with van der Waals surface area (Å²) < 4.78 is 0. The monoisotopic (exact) mass is 406 g/mol. The molecule has 2 aromatic rings. The van der Waals surface area contributed by atoms with Gasteiger partial charge in [-0.25, -0.2) is 0 Å². The van der Waals surface area contributed by atoms with E-state index in [0.29, 0.717) is 18.4 Å². The first-order valence-corrected chi connectivity index (χ1v) is 11.4. The zero-order valence-electron chi connectivity index (χ0n) is 16.4. The molecule has 2 bridgehead atoms. The lowest BCUT2D eigenvalue weighted by atomic mass is 9.98. The Morgan fingerprint density at radius 1 is 1.31 bits per heavy atom. The molecule has 3 heterocycles. The zero-order chi connectivity index (χ0) is 19.8. The second-order valence-corrected chi connectivity index (χ2v) is 9.52. The Kier molecular flexibility index (Phi) is 5.03. The second-order valence-electron chi connectivity index (χ2n) is 8.52. The van der Waals surface area contributed by atoms with Gasteiger partial charge in [-0.05, 0) is 66.3 Å². The van der Waals surface area contributed by atoms with Crippen molar-refractivity contribution < 1.29 is 4.79 Å². The lowest BCUT2D eigenvalue weighted by molar-refractivity contribution is -0.124. The first-order valence-electron chi connectivity index (χ1n) is 10.5. The summed E-state index contributed by atoms with van der Waals surface area (Å²) in [5, 5.41) is 18.1. The van der Waals surface area contributed by atoms with E-state index in [4.69, 9.17) is 0 Å². The Balaban J connectivity index is 1.19. The molecule has 3 aliphatic rings. The lowest BCUT2D eigenvalue weighted by Gasteiger charge is -2.29. The molecular formula is C23H26N4OS. The SMILES string of the molecule is N#C[C@H](Cc1ccc(N2CCc3sccc3C2)cc1)NC(=O)[C@H]1NC2CC[C@H]1C2. The van der Waals surface area contributed by atoms with Crippen molar-refractivity contribution in [3.8, 4) is 6.07 Å². The zero-order valence-corrected chi connectivity index (χ0v) is 17.3. The minimum atomic E-state index is -0.488. The van der Waals surface area contributed by atoms with Crippen LogP contribution >= 0.6 is 11.3 Å². The number of anilines is 1. The number of thiophene rings is 1. The maximum Gasteiger partial charge on any atom is 0.238 e. The highest BCUT2D eigenvalue weighted by molar-refractivity contribution is 7.10. The van der Waals surface area contributed by atoms with E-state index in [1.807, 2.05) is 11.3 Å². The van der Waals surface area contributed by atoms with Gasteiger partial charge < -0.3 is 15.5 Å². The van der Waals surface area contributed by atoms with Crippen LogP contribution < -0.4 is 15.5 Å². The van der Waals surface area contributed by atoms with Gasteiger partial charge >= 0.3 is 0 Å². The molecule has 1 aliphatic carbocycles. The third-order valence-corrected chi connectivity index (χ3v) is 7.69. The maximum atomic E-state index is 12.6. The number of hydrogen-bond acceptors (Lipinski definition) is 5. The van der Waals surface area contributed by atoms with Crippen LogP contribution in [-0.4, -0.2) is 30.6 Å². The van der Waals surface area contributed by atoms with Crippen molar-refractivity contribution in [1.29, 1.82) is 5.26 Å². The Bertz CT molecular complexity index is 931. The Morgan fingerprint density at radius 3 is 2.90 bits per heavy atom. The van der Waals surface area contributed by atoms with Crippen LogP contribution in [0.4, 0.5) is 5.69 Å². The van der Waals surface area contributed by atoms with Gasteiger partial charge in [0.15, 0.2) is 0 Å². The first kappa shape index (κ1) is 18.7. The van der Waals surface area contributed by atoms with E-state index in [1.54, 1.807) is 0 Å². The van der Waals surface area contributed by atoms with Crippen LogP contribution in [-0.2, 0) is 24.2 Å². The second kappa shape index (κ2) is 7.81. The normalized spacial score (nSPS) is 26.0. The Morgan fingerprint density at radius 2 is 2.17 bits per heavy atom. The van der Waals surface area contributed by atoms with Crippen LogP contribution in [0, 0.1) is 17.2 Å². The molecule has 29 heavy (non-hydrogen) atoms. The van der Waals surface area contributed by atoms with Crippen molar-refractivity contribution in [2.24, 2.45) is 5.92 Å². The highest BCUT2D eigenvalue weighted by Crippen LogP contribution is 2.35. The van der Waals surface area contributed by atoms with Crippen LogP contribution in [0.15, 0.2) is 35.7 Å². The Hall–Kier alpha value is -2.36. The van der Waals surface area contributed by atoms with E-state index < -0.39 is 6.04 Å². The van der Waals surface area contributed by atoms with Crippen LogP contribution in [0.3, 0.4) is 0 Å². The topological polar surface area (TPSA) is 68.2 Å². The number of fused-ring (bicyclic) bond motifs is 3. The number of piperidine rings is 1. The van der Waals surface area contributed by atoms with Crippen molar-refractivity contribution in [2.45, 2.75) is 56.8 Å². The van der Waals surface area contributed by atoms with E-state index in [2.05, 4.69) is 57.3 Å². The molecule has 2 fully saturated rings. The van der Waals surface area contributed by atoms with Crippen molar-refractivity contribution in [1.82, 2.24) is 10.6 Å². The van der Waals surface area contributed by atoms with Crippen molar-refractivity contribution in [3.63, 3.8) is 0 Å². The van der Waals surface area contributed by atoms with Gasteiger partial charge in [-0.1, -0.05) is 12.1 Å². The fraction of sp³-hybridized carbons (Fsp3) is 0.478. The number of carbonyl (C=O) groups is 1. The minimum absolute atomic E-state index is 0.0137. The summed E-state index contributed by atoms with van der Waals surface area (Å²) in [7, 11) is 0. The maximum absolute atomic E-state index is 12.6. The van der Waals surface area contributed by atoms with Gasteiger partial charge in [0.25, 0.3) is 0 Å². The summed E-state index contributed by atoms with van der Waals surface area (Å²) in [4.78, 5) is 16.5. The van der Waals surface area contributed by atoms with Gasteiger partial charge in [0.05, 0.1) is 12.1 Å². The molecule has 1 saturated carbocycles. The quantitative estimate of drug-likeness (QED) is 0.801. The molecule has 1 unspecified atom stereocenters. The van der Waals surface area contributed by atoms with E-state index in [1.165, 1.54) is 22.5 Å². The molecular weight excluding hydrogens is 380 g/mol. The molecule has 2 N–H and O–H groups in total. The predicted molar refractivity (Wildman–Crippen MR) is 115 cm³/mol. The molecule has 4 atom stereocenters. The molecule has 2 aliphatic heterocycles. The lowest BCUT2D eigenvalue weighted by Crippen LogP contribution is -2.50. The molecule has 1 aromatic heterocycles. The molecule has 0 spiro atoms. The summed E-state index contributed by atoms with van der Waals surface area (Å²) in [6.07, 6.45) is 5.04. The molecule has 6 heteroatoms. The van der Waals surface area contributed by atoms with Crippen LogP contribution in [0.25, 0.3) is 0 Å². The third kappa shape index (κ3) is 3.77. The molecule has 150 valence electrons. The number of nitrogens with one attached hydrogen (secondary N) is 2. The fourth-order valence-corrected chi connectivity index (χ4v) is 5.98. The van der Waals surface area contributed by atoms with Crippen LogP contribution in [0.5, 0.6) is 0 Å². The van der Waals surface area contributed by atoms with Gasteiger partial charge in [-0.2, -0.15) is 5.26 Å². The molecule has 1 amide bonds. The van der Waals surface area contributed by atoms with Gasteiger partial charge in [-0.15, -0.1) is 11.3 Å². The van der Waals surface area contributed by atoms with Gasteiger partial charge in [0, 0.05) is 36.1 Å². The summed E-state index contributed by atoms with van der Waals surface area (Å²) >= 11 is 1.86. The highest BCUT2D eigenvalue weighted by Gasteiger charge is 2.43. The van der Waals surface area contributed by atoms with Crippen molar-refractivity contribution in [2.75, 3.05) is 11.4 Å².